The molecular formula is C19H17F4N3O2. The number of para-hydroxylation sites is 2. The van der Waals surface area contributed by atoms with Crippen LogP contribution in [0, 0.1) is 5.82 Å². The summed E-state index contributed by atoms with van der Waals surface area (Å²) in [6, 6.07) is 10.3. The third-order valence-electron chi connectivity index (χ3n) is 4.26. The highest BCUT2D eigenvalue weighted by atomic mass is 19.4. The maximum atomic E-state index is 13.8. The quantitative estimate of drug-likeness (QED) is 0.617. The number of fused-ring (bicyclic) bond motifs is 1. The van der Waals surface area contributed by atoms with Crippen molar-refractivity contribution in [3.8, 4) is 5.75 Å². The van der Waals surface area contributed by atoms with Gasteiger partial charge in [-0.25, -0.2) is 9.37 Å². The number of carbonyl (C=O) groups excluding carboxylic acids is 1. The van der Waals surface area contributed by atoms with Crippen molar-refractivity contribution in [2.45, 2.75) is 19.3 Å². The van der Waals surface area contributed by atoms with Gasteiger partial charge in [0.25, 0.3) is 0 Å². The van der Waals surface area contributed by atoms with E-state index in [1.165, 1.54) is 43.3 Å². The summed E-state index contributed by atoms with van der Waals surface area (Å²) >= 11 is 0. The third kappa shape index (κ3) is 3.92. The zero-order valence-electron chi connectivity index (χ0n) is 15.1. The Morgan fingerprint density at radius 3 is 2.57 bits per heavy atom. The van der Waals surface area contributed by atoms with Crippen molar-refractivity contribution in [1.29, 1.82) is 0 Å². The molecule has 0 saturated carbocycles. The average Bonchev–Trinajstić information content (AvgIpc) is 3.01. The van der Waals surface area contributed by atoms with Crippen molar-refractivity contribution in [3.05, 3.63) is 59.7 Å². The summed E-state index contributed by atoms with van der Waals surface area (Å²) < 4.78 is 59.5. The second-order valence-electron chi connectivity index (χ2n) is 6.23. The Morgan fingerprint density at radius 2 is 1.93 bits per heavy atom. The molecule has 1 heterocycles. The molecule has 0 spiro atoms. The van der Waals surface area contributed by atoms with Gasteiger partial charge >= 0.3 is 6.18 Å². The lowest BCUT2D eigenvalue weighted by atomic mass is 10.2. The van der Waals surface area contributed by atoms with E-state index in [2.05, 4.69) is 4.98 Å². The lowest BCUT2D eigenvalue weighted by molar-refractivity contribution is -0.148. The summed E-state index contributed by atoms with van der Waals surface area (Å²) in [5.74, 6) is -2.21. The number of ether oxygens (including phenoxy) is 1. The normalized spacial score (nSPS) is 11.6. The Kier molecular flexibility index (Phi) is 5.26. The highest BCUT2D eigenvalue weighted by Gasteiger charge is 2.38. The van der Waals surface area contributed by atoms with Gasteiger partial charge < -0.3 is 14.2 Å². The van der Waals surface area contributed by atoms with Crippen molar-refractivity contribution in [2.75, 3.05) is 14.2 Å². The van der Waals surface area contributed by atoms with Gasteiger partial charge in [-0.3, -0.25) is 4.79 Å². The number of likely N-dealkylation sites (N-methyl/N-ethyl adjacent to an activating group) is 1. The Labute approximate surface area is 158 Å². The van der Waals surface area contributed by atoms with Crippen LogP contribution in [0.1, 0.15) is 11.4 Å². The van der Waals surface area contributed by atoms with Crippen LogP contribution in [0.15, 0.2) is 42.5 Å². The van der Waals surface area contributed by atoms with E-state index < -0.39 is 30.3 Å². The van der Waals surface area contributed by atoms with E-state index in [0.29, 0.717) is 5.56 Å². The Hall–Kier alpha value is -3.10. The molecule has 1 aromatic heterocycles. The van der Waals surface area contributed by atoms with Gasteiger partial charge in [0.05, 0.1) is 18.1 Å². The molecule has 0 radical (unpaired) electrons. The molecule has 0 saturated heterocycles. The van der Waals surface area contributed by atoms with Gasteiger partial charge in [-0.15, -0.1) is 0 Å². The fourth-order valence-corrected chi connectivity index (χ4v) is 2.88. The second-order valence-corrected chi connectivity index (χ2v) is 6.23. The lowest BCUT2D eigenvalue weighted by Crippen LogP contribution is -2.31. The maximum Gasteiger partial charge on any atom is 0.449 e. The number of aromatic nitrogens is 2. The van der Waals surface area contributed by atoms with Crippen LogP contribution < -0.4 is 4.74 Å². The van der Waals surface area contributed by atoms with Crippen LogP contribution in [0.3, 0.4) is 0 Å². The van der Waals surface area contributed by atoms with Crippen LogP contribution in [0.5, 0.6) is 5.75 Å². The van der Waals surface area contributed by atoms with E-state index in [4.69, 9.17) is 4.74 Å². The number of hydrogen-bond donors (Lipinski definition) is 0. The summed E-state index contributed by atoms with van der Waals surface area (Å²) in [5, 5.41) is 0. The Bertz CT molecular complexity index is 1010. The van der Waals surface area contributed by atoms with E-state index in [0.717, 1.165) is 4.57 Å². The molecular weight excluding hydrogens is 378 g/mol. The van der Waals surface area contributed by atoms with Crippen LogP contribution in [-0.2, 0) is 24.1 Å². The molecule has 1 amide bonds. The van der Waals surface area contributed by atoms with Crippen molar-refractivity contribution in [1.82, 2.24) is 14.5 Å². The molecule has 0 fully saturated rings. The molecule has 0 aliphatic heterocycles. The van der Waals surface area contributed by atoms with Crippen LogP contribution in [-0.4, -0.2) is 34.5 Å². The summed E-state index contributed by atoms with van der Waals surface area (Å²) in [6.07, 6.45) is -4.70. The maximum absolute atomic E-state index is 13.8. The minimum absolute atomic E-state index is 0.0354. The number of amides is 1. The number of halogens is 4. The summed E-state index contributed by atoms with van der Waals surface area (Å²) in [6.45, 7) is -0.502. The van der Waals surface area contributed by atoms with Crippen LogP contribution in [0.25, 0.3) is 11.0 Å². The summed E-state index contributed by atoms with van der Waals surface area (Å²) in [7, 11) is 2.78. The van der Waals surface area contributed by atoms with E-state index >= 15 is 0 Å². The number of benzene rings is 2. The predicted molar refractivity (Wildman–Crippen MR) is 94.2 cm³/mol. The number of methoxy groups -OCH3 is 1. The fourth-order valence-electron chi connectivity index (χ4n) is 2.88. The SMILES string of the molecule is COc1ccc(CN(C)C(=O)Cn2c(C(F)(F)F)nc3ccccc32)cc1F. The number of alkyl halides is 3. The minimum atomic E-state index is -4.70. The largest absolute Gasteiger partial charge is 0.494 e. The van der Waals surface area contributed by atoms with Crippen LogP contribution in [0.2, 0.25) is 0 Å². The molecule has 9 heteroatoms. The van der Waals surface area contributed by atoms with E-state index in [9.17, 15) is 22.4 Å². The molecule has 0 unspecified atom stereocenters. The summed E-state index contributed by atoms with van der Waals surface area (Å²) in [4.78, 5) is 17.4. The van der Waals surface area contributed by atoms with E-state index in [-0.39, 0.29) is 23.3 Å². The summed E-state index contributed by atoms with van der Waals surface area (Å²) in [5.41, 5.74) is 0.857. The first-order valence-electron chi connectivity index (χ1n) is 8.29. The molecule has 0 aliphatic carbocycles. The smallest absolute Gasteiger partial charge is 0.449 e. The zero-order chi connectivity index (χ0) is 20.5. The standard InChI is InChI=1S/C19H17F4N3O2/c1-25(10-12-7-8-16(28-2)13(20)9-12)17(27)11-26-15-6-4-3-5-14(15)24-18(26)19(21,22)23/h3-9H,10-11H2,1-2H3. The molecule has 0 N–H and O–H groups in total. The van der Waals surface area contributed by atoms with Crippen molar-refractivity contribution in [3.63, 3.8) is 0 Å². The second kappa shape index (κ2) is 7.49. The molecule has 0 aliphatic rings. The molecule has 0 atom stereocenters. The van der Waals surface area contributed by atoms with Crippen molar-refractivity contribution >= 4 is 16.9 Å². The first kappa shape index (κ1) is 19.7. The van der Waals surface area contributed by atoms with Crippen molar-refractivity contribution < 1.29 is 27.1 Å². The third-order valence-corrected chi connectivity index (χ3v) is 4.26. The van der Waals surface area contributed by atoms with Gasteiger partial charge in [-0.05, 0) is 29.8 Å². The Balaban J connectivity index is 1.83. The lowest BCUT2D eigenvalue weighted by Gasteiger charge is -2.19. The Morgan fingerprint density at radius 1 is 1.21 bits per heavy atom. The monoisotopic (exact) mass is 395 g/mol. The van der Waals surface area contributed by atoms with Gasteiger partial charge in [0.2, 0.25) is 11.7 Å². The van der Waals surface area contributed by atoms with Gasteiger partial charge in [-0.2, -0.15) is 13.2 Å². The first-order valence-corrected chi connectivity index (χ1v) is 8.29. The highest BCUT2D eigenvalue weighted by molar-refractivity contribution is 5.81. The van der Waals surface area contributed by atoms with Gasteiger partial charge in [0.15, 0.2) is 11.6 Å². The fraction of sp³-hybridized carbons (Fsp3) is 0.263. The van der Waals surface area contributed by atoms with E-state index in [1.54, 1.807) is 18.2 Å². The van der Waals surface area contributed by atoms with Crippen LogP contribution in [0.4, 0.5) is 17.6 Å². The molecule has 3 aromatic rings. The zero-order valence-corrected chi connectivity index (χ0v) is 15.1. The van der Waals surface area contributed by atoms with E-state index in [1.807, 2.05) is 0 Å². The van der Waals surface area contributed by atoms with Gasteiger partial charge in [-0.1, -0.05) is 18.2 Å². The highest BCUT2D eigenvalue weighted by Crippen LogP contribution is 2.31. The molecule has 2 aromatic carbocycles. The molecule has 3 rings (SSSR count). The van der Waals surface area contributed by atoms with Gasteiger partial charge in [0.1, 0.15) is 6.54 Å². The average molecular weight is 395 g/mol. The number of rotatable bonds is 5. The molecule has 148 valence electrons. The molecule has 5 nitrogen and oxygen atoms in total. The molecule has 28 heavy (non-hydrogen) atoms. The topological polar surface area (TPSA) is 47.4 Å². The van der Waals surface area contributed by atoms with Crippen molar-refractivity contribution in [2.24, 2.45) is 0 Å². The number of hydrogen-bond acceptors (Lipinski definition) is 3. The predicted octanol–water partition coefficient (Wildman–Crippen LogP) is 3.86. The first-order chi connectivity index (χ1) is 13.2. The minimum Gasteiger partial charge on any atom is -0.494 e. The number of nitrogens with zero attached hydrogens (tertiary/aromatic N) is 3. The van der Waals surface area contributed by atoms with Gasteiger partial charge in [0, 0.05) is 13.6 Å². The number of imidazole rings is 1. The molecule has 0 bridgehead atoms. The number of carbonyl (C=O) groups is 1. The van der Waals surface area contributed by atoms with Crippen LogP contribution >= 0.6 is 0 Å².